The van der Waals surface area contributed by atoms with Crippen LogP contribution in [0.3, 0.4) is 0 Å². The number of halogens is 1. The van der Waals surface area contributed by atoms with Crippen LogP contribution in [-0.4, -0.2) is 33.8 Å². The first-order chi connectivity index (χ1) is 7.58. The van der Waals surface area contributed by atoms with Gasteiger partial charge in [0.2, 0.25) is 0 Å². The molecule has 0 bridgehead atoms. The first-order valence-electron chi connectivity index (χ1n) is 4.70. The highest BCUT2D eigenvalue weighted by molar-refractivity contribution is 6.32. The molecule has 0 atom stereocenters. The Morgan fingerprint density at radius 2 is 2.12 bits per heavy atom. The third-order valence-corrected chi connectivity index (χ3v) is 2.47. The van der Waals surface area contributed by atoms with Crippen LogP contribution in [-0.2, 0) is 9.53 Å². The van der Waals surface area contributed by atoms with Gasteiger partial charge in [0.1, 0.15) is 12.3 Å². The summed E-state index contributed by atoms with van der Waals surface area (Å²) in [5, 5.41) is 0.511. The lowest BCUT2D eigenvalue weighted by molar-refractivity contribution is -0.138. The topological polar surface area (TPSA) is 38.8 Å². The average Bonchev–Trinajstić information content (AvgIpc) is 2.28. The summed E-state index contributed by atoms with van der Waals surface area (Å²) in [6.45, 7) is 0.180. The van der Waals surface area contributed by atoms with Gasteiger partial charge in [0.15, 0.2) is 0 Å². The van der Waals surface area contributed by atoms with Crippen LogP contribution in [0.2, 0.25) is 5.02 Å². The van der Waals surface area contributed by atoms with Crippen LogP contribution < -0.4 is 9.64 Å². The van der Waals surface area contributed by atoms with E-state index in [1.807, 2.05) is 6.07 Å². The van der Waals surface area contributed by atoms with E-state index in [0.717, 1.165) is 5.69 Å². The predicted octanol–water partition coefficient (Wildman–Crippen LogP) is 1.96. The summed E-state index contributed by atoms with van der Waals surface area (Å²) >= 11 is 5.98. The maximum Gasteiger partial charge on any atom is 0.325 e. The van der Waals surface area contributed by atoms with Crippen molar-refractivity contribution >= 4 is 23.3 Å². The van der Waals surface area contributed by atoms with Gasteiger partial charge in [0.05, 0.1) is 19.2 Å². The molecular formula is C11H14ClNO3. The number of hydrogen-bond donors (Lipinski definition) is 0. The molecule has 5 heteroatoms. The molecule has 4 nitrogen and oxygen atoms in total. The molecular weight excluding hydrogens is 230 g/mol. The number of esters is 1. The molecule has 0 aliphatic carbocycles. The van der Waals surface area contributed by atoms with Crippen LogP contribution in [0.1, 0.15) is 0 Å². The van der Waals surface area contributed by atoms with Gasteiger partial charge in [-0.25, -0.2) is 0 Å². The standard InChI is InChI=1S/C11H14ClNO3/c1-13(7-11(14)16-3)8-4-5-10(15-2)9(12)6-8/h4-6H,7H2,1-3H3. The summed E-state index contributed by atoms with van der Waals surface area (Å²) in [5.74, 6) is 0.311. The zero-order chi connectivity index (χ0) is 12.1. The van der Waals surface area contributed by atoms with E-state index in [-0.39, 0.29) is 12.5 Å². The summed E-state index contributed by atoms with van der Waals surface area (Å²) in [5.41, 5.74) is 0.830. The number of benzene rings is 1. The SMILES string of the molecule is COC(=O)CN(C)c1ccc(OC)c(Cl)c1. The van der Waals surface area contributed by atoms with Gasteiger partial charge in [-0.3, -0.25) is 4.79 Å². The molecule has 0 saturated heterocycles. The molecule has 1 aromatic carbocycles. The zero-order valence-corrected chi connectivity index (χ0v) is 10.2. The number of ether oxygens (including phenoxy) is 2. The van der Waals surface area contributed by atoms with Gasteiger partial charge < -0.3 is 14.4 Å². The van der Waals surface area contributed by atoms with Gasteiger partial charge in [-0.05, 0) is 18.2 Å². The van der Waals surface area contributed by atoms with Crippen molar-refractivity contribution in [2.24, 2.45) is 0 Å². The molecule has 0 fully saturated rings. The molecule has 0 spiro atoms. The Kier molecular flexibility index (Phi) is 4.43. The van der Waals surface area contributed by atoms with Gasteiger partial charge in [0, 0.05) is 12.7 Å². The summed E-state index contributed by atoms with van der Waals surface area (Å²) in [4.78, 5) is 12.8. The molecule has 0 amide bonds. The molecule has 0 aliphatic rings. The van der Waals surface area contributed by atoms with Crippen LogP contribution in [0.4, 0.5) is 5.69 Å². The molecule has 88 valence electrons. The third-order valence-electron chi connectivity index (χ3n) is 2.17. The van der Waals surface area contributed by atoms with Gasteiger partial charge >= 0.3 is 5.97 Å². The Balaban J connectivity index is 2.80. The minimum absolute atomic E-state index is 0.180. The second-order valence-corrected chi connectivity index (χ2v) is 3.66. The summed E-state index contributed by atoms with van der Waals surface area (Å²) in [6.07, 6.45) is 0. The first-order valence-corrected chi connectivity index (χ1v) is 5.07. The van der Waals surface area contributed by atoms with Crippen LogP contribution in [0.15, 0.2) is 18.2 Å². The fourth-order valence-corrected chi connectivity index (χ4v) is 1.49. The van der Waals surface area contributed by atoms with E-state index in [0.29, 0.717) is 10.8 Å². The molecule has 0 radical (unpaired) electrons. The Morgan fingerprint density at radius 3 is 2.62 bits per heavy atom. The summed E-state index contributed by atoms with van der Waals surface area (Å²) in [7, 11) is 4.70. The molecule has 0 aromatic heterocycles. The van der Waals surface area contributed by atoms with E-state index >= 15 is 0 Å². The van der Waals surface area contributed by atoms with Crippen molar-refractivity contribution in [3.63, 3.8) is 0 Å². The second kappa shape index (κ2) is 5.61. The van der Waals surface area contributed by atoms with E-state index in [2.05, 4.69) is 4.74 Å². The molecule has 0 saturated carbocycles. The normalized spacial score (nSPS) is 9.75. The number of nitrogens with zero attached hydrogens (tertiary/aromatic N) is 1. The highest BCUT2D eigenvalue weighted by Crippen LogP contribution is 2.28. The Labute approximate surface area is 99.7 Å². The maximum absolute atomic E-state index is 11.1. The van der Waals surface area contributed by atoms with Gasteiger partial charge in [-0.15, -0.1) is 0 Å². The van der Waals surface area contributed by atoms with Crippen LogP contribution in [0.25, 0.3) is 0 Å². The smallest absolute Gasteiger partial charge is 0.325 e. The molecule has 0 N–H and O–H groups in total. The van der Waals surface area contributed by atoms with Crippen LogP contribution in [0, 0.1) is 0 Å². The van der Waals surface area contributed by atoms with E-state index < -0.39 is 0 Å². The van der Waals surface area contributed by atoms with Crippen molar-refractivity contribution in [2.75, 3.05) is 32.7 Å². The minimum Gasteiger partial charge on any atom is -0.495 e. The molecule has 0 aliphatic heterocycles. The quantitative estimate of drug-likeness (QED) is 0.758. The lowest BCUT2D eigenvalue weighted by atomic mass is 10.3. The Hall–Kier alpha value is -1.42. The number of likely N-dealkylation sites (N-methyl/N-ethyl adjacent to an activating group) is 1. The fourth-order valence-electron chi connectivity index (χ4n) is 1.24. The number of anilines is 1. The Bertz CT molecular complexity index is 381. The second-order valence-electron chi connectivity index (χ2n) is 3.25. The van der Waals surface area contributed by atoms with E-state index in [1.54, 1.807) is 31.2 Å². The molecule has 0 unspecified atom stereocenters. The number of hydrogen-bond acceptors (Lipinski definition) is 4. The van der Waals surface area contributed by atoms with Gasteiger partial charge in [-0.2, -0.15) is 0 Å². The third kappa shape index (κ3) is 3.03. The minimum atomic E-state index is -0.297. The monoisotopic (exact) mass is 243 g/mol. The first kappa shape index (κ1) is 12.6. The maximum atomic E-state index is 11.1. The summed E-state index contributed by atoms with van der Waals surface area (Å²) in [6, 6.07) is 5.32. The van der Waals surface area contributed by atoms with Crippen LogP contribution >= 0.6 is 11.6 Å². The predicted molar refractivity (Wildman–Crippen MR) is 63.3 cm³/mol. The molecule has 1 aromatic rings. The van der Waals surface area contributed by atoms with Crippen molar-refractivity contribution in [1.82, 2.24) is 0 Å². The van der Waals surface area contributed by atoms with E-state index in [9.17, 15) is 4.79 Å². The summed E-state index contributed by atoms with van der Waals surface area (Å²) < 4.78 is 9.62. The van der Waals surface area contributed by atoms with Crippen molar-refractivity contribution < 1.29 is 14.3 Å². The van der Waals surface area contributed by atoms with Crippen LogP contribution in [0.5, 0.6) is 5.75 Å². The lowest BCUT2D eigenvalue weighted by Gasteiger charge is -2.18. The van der Waals surface area contributed by atoms with E-state index in [4.69, 9.17) is 16.3 Å². The van der Waals surface area contributed by atoms with E-state index in [1.165, 1.54) is 7.11 Å². The van der Waals surface area contributed by atoms with Gasteiger partial charge in [0.25, 0.3) is 0 Å². The largest absolute Gasteiger partial charge is 0.495 e. The molecule has 16 heavy (non-hydrogen) atoms. The Morgan fingerprint density at radius 1 is 1.44 bits per heavy atom. The number of carbonyl (C=O) groups is 1. The zero-order valence-electron chi connectivity index (χ0n) is 9.49. The number of methoxy groups -OCH3 is 2. The molecule has 0 heterocycles. The average molecular weight is 244 g/mol. The van der Waals surface area contributed by atoms with Crippen molar-refractivity contribution in [2.45, 2.75) is 0 Å². The van der Waals surface area contributed by atoms with Gasteiger partial charge in [-0.1, -0.05) is 11.6 Å². The van der Waals surface area contributed by atoms with Crippen molar-refractivity contribution in [3.8, 4) is 5.75 Å². The molecule has 1 rings (SSSR count). The lowest BCUT2D eigenvalue weighted by Crippen LogP contribution is -2.26. The van der Waals surface area contributed by atoms with Crippen molar-refractivity contribution in [3.05, 3.63) is 23.2 Å². The highest BCUT2D eigenvalue weighted by Gasteiger charge is 2.09. The van der Waals surface area contributed by atoms with Crippen molar-refractivity contribution in [1.29, 1.82) is 0 Å². The highest BCUT2D eigenvalue weighted by atomic mass is 35.5. The fraction of sp³-hybridized carbons (Fsp3) is 0.364. The number of carbonyl (C=O) groups excluding carboxylic acids is 1. The number of rotatable bonds is 4.